The zero-order valence-electron chi connectivity index (χ0n) is 21.8. The maximum atomic E-state index is 14.7. The second kappa shape index (κ2) is 11.3. The molecule has 0 saturated carbocycles. The van der Waals surface area contributed by atoms with E-state index in [0.29, 0.717) is 11.4 Å². The van der Waals surface area contributed by atoms with E-state index in [1.54, 1.807) is 27.0 Å². The molecule has 6 nitrogen and oxygen atoms in total. The van der Waals surface area contributed by atoms with Gasteiger partial charge in [-0.15, -0.1) is 0 Å². The van der Waals surface area contributed by atoms with Gasteiger partial charge in [-0.05, 0) is 44.2 Å². The number of halogens is 2. The summed E-state index contributed by atoms with van der Waals surface area (Å²) in [5.41, 5.74) is 6.02. The summed E-state index contributed by atoms with van der Waals surface area (Å²) in [4.78, 5) is 23.6. The van der Waals surface area contributed by atoms with E-state index in [1.165, 1.54) is 11.1 Å². The van der Waals surface area contributed by atoms with E-state index in [1.807, 2.05) is 32.8 Å². The lowest BCUT2D eigenvalue weighted by Crippen LogP contribution is -2.59. The van der Waals surface area contributed by atoms with Crippen molar-refractivity contribution in [2.45, 2.75) is 60.9 Å². The van der Waals surface area contributed by atoms with Gasteiger partial charge in [-0.1, -0.05) is 45.3 Å². The van der Waals surface area contributed by atoms with Gasteiger partial charge in [-0.2, -0.15) is 0 Å². The minimum Gasteiger partial charge on any atom is -0.270 e. The number of allylic oxidation sites excluding steroid dienone is 2. The molecule has 186 valence electrons. The van der Waals surface area contributed by atoms with E-state index in [9.17, 15) is 13.6 Å². The van der Waals surface area contributed by atoms with Crippen LogP contribution in [0.5, 0.6) is 0 Å². The molecule has 1 amide bonds. The molecule has 0 fully saturated rings. The molecule has 2 heterocycles. The normalized spacial score (nSPS) is 19.0. The quantitative estimate of drug-likeness (QED) is 0.352. The molecule has 1 N–H and O–H groups in total. The van der Waals surface area contributed by atoms with Crippen LogP contribution in [0.25, 0.3) is 0 Å². The molecule has 1 aromatic rings. The molecule has 1 aliphatic heterocycles. The Morgan fingerprint density at radius 1 is 1.29 bits per heavy atom. The van der Waals surface area contributed by atoms with Crippen LogP contribution in [0, 0.1) is 12.3 Å². The number of hydrogen-bond donors (Lipinski definition) is 1. The number of likely N-dealkylation sites (N-methyl/N-ethyl adjacent to an activating group) is 1. The topological polar surface area (TPSA) is 57.7 Å². The van der Waals surface area contributed by atoms with Gasteiger partial charge in [0, 0.05) is 23.9 Å². The smallest absolute Gasteiger partial charge is 0.266 e. The maximum Gasteiger partial charge on any atom is 0.266 e. The van der Waals surface area contributed by atoms with Crippen molar-refractivity contribution in [1.29, 1.82) is 0 Å². The molecule has 0 saturated heterocycles. The molecule has 2 rings (SSSR count). The third-order valence-electron chi connectivity index (χ3n) is 6.20. The number of nitrogens with zero attached hydrogens (tertiary/aromatic N) is 3. The molecule has 0 bridgehead atoms. The number of aromatic nitrogens is 1. The maximum absolute atomic E-state index is 14.7. The number of nitrogens with one attached hydrogen (secondary N) is 1. The first kappa shape index (κ1) is 27.7. The SMILES string of the molecule is Bc1ccc(NOCC2=C(C)C(C(C)(C)C)N(C)N(CC(=C/C)/C(F)=C(/F)CC)C2=O)nc1C. The number of anilines is 1. The molecule has 0 aliphatic carbocycles. The Hall–Kier alpha value is -2.52. The van der Waals surface area contributed by atoms with Crippen molar-refractivity contribution >= 4 is 25.0 Å². The minimum atomic E-state index is -0.912. The van der Waals surface area contributed by atoms with E-state index >= 15 is 0 Å². The Morgan fingerprint density at radius 3 is 2.47 bits per heavy atom. The molecule has 1 aliphatic rings. The Bertz CT molecular complexity index is 1010. The summed E-state index contributed by atoms with van der Waals surface area (Å²) in [5.74, 6) is -1.50. The average Bonchev–Trinajstić information content (AvgIpc) is 2.76. The number of pyridine rings is 1. The fraction of sp³-hybridized carbons (Fsp3) is 0.520. The standard InChI is InChI=1S/C25H37BF2N4O2/c1-9-17(22(28)20(27)10-2)13-32-24(33)18(15(3)23(31(32)8)25(5,6)7)14-34-30-21-12-11-19(26)16(4)29-21/h9,11-12,23H,10,13-14,26H2,1-8H3,(H,29,30)/b17-9-,22-20-. The van der Waals surface area contributed by atoms with Crippen LogP contribution in [0.3, 0.4) is 0 Å². The second-order valence-electron chi connectivity index (χ2n) is 9.74. The van der Waals surface area contributed by atoms with Crippen LogP contribution < -0.4 is 10.9 Å². The third-order valence-corrected chi connectivity index (χ3v) is 6.20. The van der Waals surface area contributed by atoms with Crippen LogP contribution in [0.4, 0.5) is 14.6 Å². The van der Waals surface area contributed by atoms with Gasteiger partial charge in [0.15, 0.2) is 5.83 Å². The van der Waals surface area contributed by atoms with Gasteiger partial charge in [0.2, 0.25) is 0 Å². The van der Waals surface area contributed by atoms with E-state index in [2.05, 4.69) is 31.2 Å². The minimum absolute atomic E-state index is 0.00298. The number of carbonyl (C=O) groups excluding carboxylic acids is 1. The van der Waals surface area contributed by atoms with Crippen LogP contribution in [0.2, 0.25) is 0 Å². The highest BCUT2D eigenvalue weighted by atomic mass is 19.2. The first-order chi connectivity index (χ1) is 15.8. The molecule has 0 radical (unpaired) electrons. The van der Waals surface area contributed by atoms with Crippen molar-refractivity contribution < 1.29 is 18.4 Å². The first-order valence-electron chi connectivity index (χ1n) is 11.6. The summed E-state index contributed by atoms with van der Waals surface area (Å²) in [5, 5.41) is 3.29. The van der Waals surface area contributed by atoms with Crippen LogP contribution in [-0.2, 0) is 9.63 Å². The number of hydrogen-bond acceptors (Lipinski definition) is 5. The lowest BCUT2D eigenvalue weighted by molar-refractivity contribution is -0.151. The molecular weight excluding hydrogens is 437 g/mol. The fourth-order valence-corrected chi connectivity index (χ4v) is 4.27. The van der Waals surface area contributed by atoms with Crippen molar-refractivity contribution in [1.82, 2.24) is 15.0 Å². The van der Waals surface area contributed by atoms with Crippen LogP contribution in [0.1, 0.15) is 53.7 Å². The van der Waals surface area contributed by atoms with Gasteiger partial charge in [0.25, 0.3) is 5.91 Å². The molecule has 1 unspecified atom stereocenters. The van der Waals surface area contributed by atoms with Gasteiger partial charge < -0.3 is 0 Å². The highest BCUT2D eigenvalue weighted by Crippen LogP contribution is 2.36. The van der Waals surface area contributed by atoms with E-state index in [0.717, 1.165) is 16.7 Å². The van der Waals surface area contributed by atoms with Crippen molar-refractivity contribution in [3.05, 3.63) is 52.3 Å². The van der Waals surface area contributed by atoms with Crippen molar-refractivity contribution in [2.24, 2.45) is 5.41 Å². The zero-order valence-corrected chi connectivity index (χ0v) is 21.8. The Kier molecular flexibility index (Phi) is 9.19. The van der Waals surface area contributed by atoms with Crippen LogP contribution >= 0.6 is 0 Å². The summed E-state index contributed by atoms with van der Waals surface area (Å²) in [6.45, 7) is 13.2. The lowest BCUT2D eigenvalue weighted by Gasteiger charge is -2.48. The third kappa shape index (κ3) is 6.13. The predicted octanol–water partition coefficient (Wildman–Crippen LogP) is 3.92. The number of aryl methyl sites for hydroxylation is 1. The summed E-state index contributed by atoms with van der Waals surface area (Å²) in [7, 11) is 3.78. The zero-order chi connectivity index (χ0) is 25.8. The second-order valence-corrected chi connectivity index (χ2v) is 9.74. The number of amides is 1. The molecule has 1 atom stereocenters. The van der Waals surface area contributed by atoms with Gasteiger partial charge in [-0.3, -0.25) is 14.6 Å². The summed E-state index contributed by atoms with van der Waals surface area (Å²) >= 11 is 0. The molecule has 0 aromatic carbocycles. The van der Waals surface area contributed by atoms with Crippen molar-refractivity contribution in [2.75, 3.05) is 25.7 Å². The summed E-state index contributed by atoms with van der Waals surface area (Å²) in [6.07, 6.45) is 1.46. The predicted molar refractivity (Wildman–Crippen MR) is 135 cm³/mol. The Labute approximate surface area is 203 Å². The molecule has 34 heavy (non-hydrogen) atoms. The molecule has 9 heteroatoms. The molecule has 0 spiro atoms. The van der Waals surface area contributed by atoms with E-state index in [4.69, 9.17) is 4.84 Å². The molecular formula is C25H37BF2N4O2. The fourth-order valence-electron chi connectivity index (χ4n) is 4.27. The Morgan fingerprint density at radius 2 is 1.94 bits per heavy atom. The highest BCUT2D eigenvalue weighted by molar-refractivity contribution is 6.33. The number of rotatable bonds is 8. The van der Waals surface area contributed by atoms with E-state index in [-0.39, 0.29) is 42.5 Å². The van der Waals surface area contributed by atoms with Gasteiger partial charge in [0.1, 0.15) is 26.1 Å². The van der Waals surface area contributed by atoms with Gasteiger partial charge >= 0.3 is 0 Å². The van der Waals surface area contributed by atoms with Crippen LogP contribution in [-0.4, -0.2) is 55.0 Å². The van der Waals surface area contributed by atoms with E-state index < -0.39 is 11.7 Å². The Balaban J connectivity index is 2.35. The average molecular weight is 474 g/mol. The first-order valence-corrected chi connectivity index (χ1v) is 11.6. The van der Waals surface area contributed by atoms with Gasteiger partial charge in [0.05, 0.1) is 12.6 Å². The largest absolute Gasteiger partial charge is 0.270 e. The van der Waals surface area contributed by atoms with Crippen LogP contribution in [0.15, 0.2) is 46.6 Å². The van der Waals surface area contributed by atoms with Crippen molar-refractivity contribution in [3.8, 4) is 0 Å². The van der Waals surface area contributed by atoms with Gasteiger partial charge in [-0.25, -0.2) is 24.3 Å². The van der Waals surface area contributed by atoms with Crippen molar-refractivity contribution in [3.63, 3.8) is 0 Å². The lowest BCUT2D eigenvalue weighted by atomic mass is 9.79. The highest BCUT2D eigenvalue weighted by Gasteiger charge is 2.42. The summed E-state index contributed by atoms with van der Waals surface area (Å²) < 4.78 is 28.7. The summed E-state index contributed by atoms with van der Waals surface area (Å²) in [6, 6.07) is 3.59. The number of hydrazine groups is 1. The number of carbonyl (C=O) groups is 1. The molecule has 1 aromatic heterocycles. The monoisotopic (exact) mass is 474 g/mol.